The van der Waals surface area contributed by atoms with Gasteiger partial charge in [0.15, 0.2) is 0 Å². The molecule has 0 saturated carbocycles. The second kappa shape index (κ2) is 36.1. The topological polar surface area (TPSA) is 12.4 Å². The Morgan fingerprint density at radius 1 is 1.05 bits per heavy atom. The largest absolute Gasteiger partial charge is 0.272 e. The summed E-state index contributed by atoms with van der Waals surface area (Å²) in [5.41, 5.74) is 0.695. The number of allylic oxidation sites excluding steroid dienone is 4. The van der Waals surface area contributed by atoms with Gasteiger partial charge in [0, 0.05) is 22.8 Å². The van der Waals surface area contributed by atoms with Crippen LogP contribution < -0.4 is 0 Å². The third-order valence-electron chi connectivity index (χ3n) is 1.20. The number of nitrogens with zero attached hydrogens (tertiary/aromatic N) is 1. The molecule has 20 heavy (non-hydrogen) atoms. The summed E-state index contributed by atoms with van der Waals surface area (Å²) in [4.78, 5) is 3.48. The van der Waals surface area contributed by atoms with E-state index >= 15 is 0 Å². The Bertz CT molecular complexity index is 279. The minimum atomic E-state index is -0.506. The lowest BCUT2D eigenvalue weighted by atomic mass is 10.1. The highest BCUT2D eigenvalue weighted by molar-refractivity contribution is 7.83. The molecule has 0 aliphatic carbocycles. The number of hydrogen-bond acceptors (Lipinski definition) is 2. The quantitative estimate of drug-likeness (QED) is 0.250. The fourth-order valence-corrected chi connectivity index (χ4v) is 0.724. The van der Waals surface area contributed by atoms with E-state index in [9.17, 15) is 4.39 Å². The molecule has 0 rings (SSSR count). The molecule has 0 aromatic rings. The summed E-state index contributed by atoms with van der Waals surface area (Å²) in [7, 11) is 0. The number of thiol groups is 1. The molecule has 0 saturated heterocycles. The zero-order chi connectivity index (χ0) is 17.6. The normalized spacial score (nSPS) is 8.60. The van der Waals surface area contributed by atoms with Crippen molar-refractivity contribution in [1.29, 1.82) is 0 Å². The Morgan fingerprint density at radius 2 is 1.40 bits per heavy atom. The Morgan fingerprint density at radius 3 is 1.60 bits per heavy atom. The molecule has 0 aliphatic heterocycles. The second-order valence-corrected chi connectivity index (χ2v) is 2.18. The van der Waals surface area contributed by atoms with Crippen LogP contribution in [0.2, 0.25) is 0 Å². The summed E-state index contributed by atoms with van der Waals surface area (Å²) in [6, 6.07) is 0. The fraction of sp³-hybridized carbons (Fsp3) is 0.353. The van der Waals surface area contributed by atoms with Crippen LogP contribution in [0.25, 0.3) is 0 Å². The van der Waals surface area contributed by atoms with E-state index in [4.69, 9.17) is 0 Å². The molecule has 0 N–H and O–H groups in total. The molecule has 0 atom stereocenters. The summed E-state index contributed by atoms with van der Waals surface area (Å²) >= 11 is 3.65. The molecule has 0 spiro atoms. The Balaban J connectivity index is -0.0000000799. The van der Waals surface area contributed by atoms with E-state index in [0.717, 1.165) is 5.41 Å². The Labute approximate surface area is 131 Å². The van der Waals surface area contributed by atoms with Crippen molar-refractivity contribution in [3.8, 4) is 0 Å². The lowest BCUT2D eigenvalue weighted by Crippen LogP contribution is -1.84. The molecular formula is C17H32FNS. The highest BCUT2D eigenvalue weighted by atomic mass is 32.1. The molecular weight excluding hydrogens is 269 g/mol. The van der Waals surface area contributed by atoms with E-state index in [0.29, 0.717) is 5.57 Å². The van der Waals surface area contributed by atoms with Gasteiger partial charge in [-0.05, 0) is 6.72 Å². The van der Waals surface area contributed by atoms with Gasteiger partial charge >= 0.3 is 0 Å². The SMILES string of the molecule is C=C.C=C/C(=C\N=C)C(=C)/C(F)=C\S.CC.CC.CC. The number of aliphatic imine (C=N–C) groups is 1. The van der Waals surface area contributed by atoms with E-state index in [1.807, 2.05) is 41.5 Å². The van der Waals surface area contributed by atoms with E-state index < -0.39 is 5.83 Å². The van der Waals surface area contributed by atoms with E-state index in [2.05, 4.69) is 50.7 Å². The van der Waals surface area contributed by atoms with Crippen LogP contribution in [0.15, 0.2) is 66.0 Å². The molecule has 0 radical (unpaired) electrons. The maximum Gasteiger partial charge on any atom is 0.136 e. The van der Waals surface area contributed by atoms with Gasteiger partial charge in [-0.1, -0.05) is 60.8 Å². The van der Waals surface area contributed by atoms with E-state index in [1.54, 1.807) is 0 Å². The first-order chi connectivity index (χ1) is 9.67. The van der Waals surface area contributed by atoms with Crippen molar-refractivity contribution in [1.82, 2.24) is 0 Å². The zero-order valence-corrected chi connectivity index (χ0v) is 14.9. The van der Waals surface area contributed by atoms with E-state index in [1.165, 1.54) is 12.3 Å². The summed E-state index contributed by atoms with van der Waals surface area (Å²) < 4.78 is 12.8. The first kappa shape index (κ1) is 31.2. The standard InChI is InChI=1S/C9H10FNS.3C2H6.C2H4/c1-4-8(5-11-3)7(2)9(10)6-12;4*1-2/h4-6,12H,1-3H2;3*1-2H3;1-2H2/b8-5+,9-6+;;;;. The van der Waals surface area contributed by atoms with Crippen molar-refractivity contribution in [2.75, 3.05) is 0 Å². The first-order valence-corrected chi connectivity index (χ1v) is 7.17. The third-order valence-corrected chi connectivity index (χ3v) is 1.43. The highest BCUT2D eigenvalue weighted by Crippen LogP contribution is 2.19. The molecule has 0 heterocycles. The number of rotatable bonds is 4. The van der Waals surface area contributed by atoms with Crippen LogP contribution in [-0.2, 0) is 0 Å². The van der Waals surface area contributed by atoms with Gasteiger partial charge in [0.2, 0.25) is 0 Å². The third kappa shape index (κ3) is 21.9. The minimum absolute atomic E-state index is 0.201. The van der Waals surface area contributed by atoms with Crippen LogP contribution in [0.5, 0.6) is 0 Å². The predicted molar refractivity (Wildman–Crippen MR) is 100 cm³/mol. The molecule has 0 amide bonds. The molecule has 0 fully saturated rings. The Kier molecular flexibility index (Phi) is 56.2. The van der Waals surface area contributed by atoms with Crippen molar-refractivity contribution >= 4 is 19.3 Å². The van der Waals surface area contributed by atoms with Crippen LogP contribution in [-0.4, -0.2) is 6.72 Å². The van der Waals surface area contributed by atoms with Crippen molar-refractivity contribution in [3.05, 3.63) is 61.0 Å². The molecule has 0 bridgehead atoms. The molecule has 0 aromatic heterocycles. The average Bonchev–Trinajstić information content (AvgIpc) is 2.58. The highest BCUT2D eigenvalue weighted by Gasteiger charge is 2.03. The van der Waals surface area contributed by atoms with Gasteiger partial charge in [-0.15, -0.1) is 25.8 Å². The zero-order valence-electron chi connectivity index (χ0n) is 14.0. The molecule has 0 unspecified atom stereocenters. The first-order valence-electron chi connectivity index (χ1n) is 6.65. The fourth-order valence-electron chi connectivity index (χ4n) is 0.568. The van der Waals surface area contributed by atoms with Gasteiger partial charge in [0.1, 0.15) is 5.83 Å². The van der Waals surface area contributed by atoms with Gasteiger partial charge in [-0.3, -0.25) is 4.99 Å². The van der Waals surface area contributed by atoms with Crippen molar-refractivity contribution < 1.29 is 4.39 Å². The summed E-state index contributed by atoms with van der Waals surface area (Å²) in [5, 5.41) is 1.03. The maximum absolute atomic E-state index is 12.8. The average molecular weight is 302 g/mol. The van der Waals surface area contributed by atoms with Gasteiger partial charge in [0.05, 0.1) is 0 Å². The van der Waals surface area contributed by atoms with Gasteiger partial charge in [-0.2, -0.15) is 0 Å². The lowest BCUT2D eigenvalue weighted by molar-refractivity contribution is 0.659. The molecule has 1 nitrogen and oxygen atoms in total. The van der Waals surface area contributed by atoms with Crippen LogP contribution in [0, 0.1) is 0 Å². The van der Waals surface area contributed by atoms with Crippen molar-refractivity contribution in [2.24, 2.45) is 4.99 Å². The van der Waals surface area contributed by atoms with Crippen molar-refractivity contribution in [3.63, 3.8) is 0 Å². The maximum atomic E-state index is 12.8. The predicted octanol–water partition coefficient (Wildman–Crippen LogP) is 6.93. The smallest absolute Gasteiger partial charge is 0.136 e. The molecule has 118 valence electrons. The molecule has 3 heteroatoms. The van der Waals surface area contributed by atoms with E-state index in [-0.39, 0.29) is 5.57 Å². The van der Waals surface area contributed by atoms with Crippen LogP contribution in [0.1, 0.15) is 41.5 Å². The summed E-state index contributed by atoms with van der Waals surface area (Å²) in [5.74, 6) is -0.506. The van der Waals surface area contributed by atoms with Gasteiger partial charge < -0.3 is 0 Å². The Hall–Kier alpha value is -1.35. The van der Waals surface area contributed by atoms with Crippen LogP contribution in [0.3, 0.4) is 0 Å². The van der Waals surface area contributed by atoms with Gasteiger partial charge in [-0.25, -0.2) is 4.39 Å². The van der Waals surface area contributed by atoms with Crippen LogP contribution in [0.4, 0.5) is 4.39 Å². The lowest BCUT2D eigenvalue weighted by Gasteiger charge is -2.00. The number of hydrogen-bond donors (Lipinski definition) is 1. The van der Waals surface area contributed by atoms with Crippen LogP contribution >= 0.6 is 12.6 Å². The second-order valence-electron chi connectivity index (χ2n) is 1.93. The minimum Gasteiger partial charge on any atom is -0.272 e. The number of halogens is 1. The molecule has 0 aromatic carbocycles. The summed E-state index contributed by atoms with van der Waals surface area (Å²) in [6.45, 7) is 28.2. The molecule has 0 aliphatic rings. The monoisotopic (exact) mass is 301 g/mol. The van der Waals surface area contributed by atoms with Gasteiger partial charge in [0.25, 0.3) is 0 Å². The summed E-state index contributed by atoms with van der Waals surface area (Å²) in [6.07, 6.45) is 2.83. The van der Waals surface area contributed by atoms with Crippen molar-refractivity contribution in [2.45, 2.75) is 41.5 Å².